The molecule has 3 nitrogen and oxygen atoms in total. The summed E-state index contributed by atoms with van der Waals surface area (Å²) in [5.41, 5.74) is 2.92. The SMILES string of the molecule is Cc1cc(C)cc(CC2(C(=O)O)CCCNC2)c1. The normalized spacial score (nSPS) is 23.9. The Bertz CT molecular complexity index is 428. The van der Waals surface area contributed by atoms with Gasteiger partial charge in [0.05, 0.1) is 5.41 Å². The second-order valence-corrected chi connectivity index (χ2v) is 5.54. The minimum absolute atomic E-state index is 0.579. The van der Waals surface area contributed by atoms with Gasteiger partial charge in [0.15, 0.2) is 0 Å². The number of rotatable bonds is 3. The number of hydrogen-bond acceptors (Lipinski definition) is 2. The third kappa shape index (κ3) is 2.72. The van der Waals surface area contributed by atoms with Crippen LogP contribution in [0.15, 0.2) is 18.2 Å². The second-order valence-electron chi connectivity index (χ2n) is 5.54. The average molecular weight is 247 g/mol. The van der Waals surface area contributed by atoms with Crippen molar-refractivity contribution < 1.29 is 9.90 Å². The Morgan fingerprint density at radius 3 is 2.50 bits per heavy atom. The Balaban J connectivity index is 2.25. The molecular formula is C15H21NO2. The maximum absolute atomic E-state index is 11.6. The lowest BCUT2D eigenvalue weighted by Gasteiger charge is -2.34. The Kier molecular flexibility index (Phi) is 3.71. The van der Waals surface area contributed by atoms with Crippen LogP contribution in [0.5, 0.6) is 0 Å². The Hall–Kier alpha value is -1.35. The van der Waals surface area contributed by atoms with Crippen LogP contribution in [0, 0.1) is 19.3 Å². The first-order valence-corrected chi connectivity index (χ1v) is 6.53. The van der Waals surface area contributed by atoms with Gasteiger partial charge in [-0.15, -0.1) is 0 Å². The third-order valence-electron chi connectivity index (χ3n) is 3.75. The molecule has 0 saturated carbocycles. The zero-order valence-corrected chi connectivity index (χ0v) is 11.1. The van der Waals surface area contributed by atoms with Gasteiger partial charge in [0.1, 0.15) is 0 Å². The van der Waals surface area contributed by atoms with Crippen LogP contribution in [0.1, 0.15) is 29.5 Å². The molecule has 0 spiro atoms. The van der Waals surface area contributed by atoms with Crippen LogP contribution in [0.4, 0.5) is 0 Å². The van der Waals surface area contributed by atoms with Gasteiger partial charge in [-0.05, 0) is 45.2 Å². The summed E-state index contributed by atoms with van der Waals surface area (Å²) in [6.45, 7) is 5.63. The van der Waals surface area contributed by atoms with Crippen LogP contribution in [-0.2, 0) is 11.2 Å². The maximum Gasteiger partial charge on any atom is 0.311 e. The highest BCUT2D eigenvalue weighted by atomic mass is 16.4. The van der Waals surface area contributed by atoms with E-state index in [1.165, 1.54) is 11.1 Å². The molecule has 1 fully saturated rings. The van der Waals surface area contributed by atoms with E-state index in [-0.39, 0.29) is 0 Å². The van der Waals surface area contributed by atoms with Crippen molar-refractivity contribution in [3.05, 3.63) is 34.9 Å². The van der Waals surface area contributed by atoms with Gasteiger partial charge in [0.2, 0.25) is 0 Å². The molecule has 0 amide bonds. The van der Waals surface area contributed by atoms with E-state index in [0.29, 0.717) is 13.0 Å². The van der Waals surface area contributed by atoms with E-state index in [2.05, 4.69) is 37.4 Å². The van der Waals surface area contributed by atoms with E-state index in [9.17, 15) is 9.90 Å². The van der Waals surface area contributed by atoms with Crippen molar-refractivity contribution in [2.24, 2.45) is 5.41 Å². The topological polar surface area (TPSA) is 49.3 Å². The standard InChI is InChI=1S/C15H21NO2/c1-11-6-12(2)8-13(7-11)9-15(14(17)18)4-3-5-16-10-15/h6-8,16H,3-5,9-10H2,1-2H3,(H,17,18). The zero-order chi connectivity index (χ0) is 13.2. The highest BCUT2D eigenvalue weighted by Crippen LogP contribution is 2.31. The van der Waals surface area contributed by atoms with Gasteiger partial charge in [-0.3, -0.25) is 4.79 Å². The molecule has 1 saturated heterocycles. The maximum atomic E-state index is 11.6. The van der Waals surface area contributed by atoms with Crippen LogP contribution in [0.3, 0.4) is 0 Å². The van der Waals surface area contributed by atoms with Gasteiger partial charge >= 0.3 is 5.97 Å². The summed E-state index contributed by atoms with van der Waals surface area (Å²) >= 11 is 0. The Morgan fingerprint density at radius 1 is 1.33 bits per heavy atom. The minimum atomic E-state index is -0.672. The molecule has 98 valence electrons. The number of carboxylic acid groups (broad SMARTS) is 1. The molecule has 3 heteroatoms. The molecule has 1 aliphatic heterocycles. The van der Waals surface area contributed by atoms with Gasteiger partial charge in [-0.25, -0.2) is 0 Å². The molecule has 1 unspecified atom stereocenters. The van der Waals surface area contributed by atoms with Gasteiger partial charge in [0, 0.05) is 6.54 Å². The number of aryl methyl sites for hydroxylation is 2. The summed E-state index contributed by atoms with van der Waals surface area (Å²) in [4.78, 5) is 11.6. The molecule has 2 N–H and O–H groups in total. The van der Waals surface area contributed by atoms with E-state index < -0.39 is 11.4 Å². The van der Waals surface area contributed by atoms with E-state index >= 15 is 0 Å². The number of carbonyl (C=O) groups is 1. The first kappa shape index (κ1) is 13.1. The molecule has 0 aliphatic carbocycles. The van der Waals surface area contributed by atoms with Crippen molar-refractivity contribution in [2.45, 2.75) is 33.1 Å². The van der Waals surface area contributed by atoms with Crippen LogP contribution in [-0.4, -0.2) is 24.2 Å². The van der Waals surface area contributed by atoms with E-state index in [4.69, 9.17) is 0 Å². The van der Waals surface area contributed by atoms with E-state index in [1.54, 1.807) is 0 Å². The highest BCUT2D eigenvalue weighted by Gasteiger charge is 2.39. The molecule has 1 aliphatic rings. The molecule has 2 rings (SSSR count). The fourth-order valence-electron chi connectivity index (χ4n) is 2.94. The fraction of sp³-hybridized carbons (Fsp3) is 0.533. The van der Waals surface area contributed by atoms with Crippen molar-refractivity contribution in [2.75, 3.05) is 13.1 Å². The molecular weight excluding hydrogens is 226 g/mol. The summed E-state index contributed by atoms with van der Waals surface area (Å²) in [5.74, 6) is -0.672. The van der Waals surface area contributed by atoms with Crippen molar-refractivity contribution in [1.82, 2.24) is 5.32 Å². The number of benzene rings is 1. The fourth-order valence-corrected chi connectivity index (χ4v) is 2.94. The summed E-state index contributed by atoms with van der Waals surface area (Å²) < 4.78 is 0. The predicted octanol–water partition coefficient (Wildman–Crippen LogP) is 2.30. The van der Waals surface area contributed by atoms with Crippen LogP contribution < -0.4 is 5.32 Å². The first-order valence-electron chi connectivity index (χ1n) is 6.53. The molecule has 1 aromatic carbocycles. The third-order valence-corrected chi connectivity index (χ3v) is 3.75. The van der Waals surface area contributed by atoms with Crippen molar-refractivity contribution in [3.63, 3.8) is 0 Å². The van der Waals surface area contributed by atoms with Gasteiger partial charge in [-0.2, -0.15) is 0 Å². The summed E-state index contributed by atoms with van der Waals surface area (Å²) in [5, 5.41) is 12.8. The quantitative estimate of drug-likeness (QED) is 0.861. The number of carboxylic acids is 1. The molecule has 1 atom stereocenters. The molecule has 1 aromatic rings. The lowest BCUT2D eigenvalue weighted by atomic mass is 9.75. The lowest BCUT2D eigenvalue weighted by molar-refractivity contribution is -0.150. The van der Waals surface area contributed by atoms with E-state index in [0.717, 1.165) is 24.9 Å². The largest absolute Gasteiger partial charge is 0.481 e. The number of piperidine rings is 1. The van der Waals surface area contributed by atoms with Gasteiger partial charge < -0.3 is 10.4 Å². The van der Waals surface area contributed by atoms with Crippen molar-refractivity contribution in [3.8, 4) is 0 Å². The van der Waals surface area contributed by atoms with Crippen molar-refractivity contribution >= 4 is 5.97 Å². The van der Waals surface area contributed by atoms with Crippen LogP contribution in [0.2, 0.25) is 0 Å². The molecule has 18 heavy (non-hydrogen) atoms. The number of aliphatic carboxylic acids is 1. The molecule has 0 bridgehead atoms. The summed E-state index contributed by atoms with van der Waals surface area (Å²) in [6.07, 6.45) is 2.33. The van der Waals surface area contributed by atoms with Crippen molar-refractivity contribution in [1.29, 1.82) is 0 Å². The minimum Gasteiger partial charge on any atom is -0.481 e. The van der Waals surface area contributed by atoms with E-state index in [1.807, 2.05) is 0 Å². The average Bonchev–Trinajstić information content (AvgIpc) is 2.28. The van der Waals surface area contributed by atoms with Gasteiger partial charge in [0.25, 0.3) is 0 Å². The smallest absolute Gasteiger partial charge is 0.311 e. The Morgan fingerprint density at radius 2 is 2.00 bits per heavy atom. The highest BCUT2D eigenvalue weighted by molar-refractivity contribution is 5.75. The number of nitrogens with one attached hydrogen (secondary N) is 1. The first-order chi connectivity index (χ1) is 8.52. The monoisotopic (exact) mass is 247 g/mol. The second kappa shape index (κ2) is 5.11. The molecule has 0 aromatic heterocycles. The summed E-state index contributed by atoms with van der Waals surface area (Å²) in [7, 11) is 0. The number of hydrogen-bond donors (Lipinski definition) is 2. The van der Waals surface area contributed by atoms with Gasteiger partial charge in [-0.1, -0.05) is 29.3 Å². The van der Waals surface area contributed by atoms with Crippen LogP contribution in [0.25, 0.3) is 0 Å². The predicted molar refractivity (Wildman–Crippen MR) is 71.8 cm³/mol. The lowest BCUT2D eigenvalue weighted by Crippen LogP contribution is -2.47. The molecule has 1 heterocycles. The zero-order valence-electron chi connectivity index (χ0n) is 11.1. The molecule has 0 radical (unpaired) electrons. The van der Waals surface area contributed by atoms with Crippen LogP contribution >= 0.6 is 0 Å². The summed E-state index contributed by atoms with van der Waals surface area (Å²) in [6, 6.07) is 6.33. The Labute approximate surface area is 108 Å².